The average Bonchev–Trinajstić information content (AvgIpc) is 2.41. The molecule has 0 amide bonds. The highest BCUT2D eigenvalue weighted by molar-refractivity contribution is 5.86. The fourth-order valence-electron chi connectivity index (χ4n) is 2.02. The molecule has 0 spiro atoms. The van der Waals surface area contributed by atoms with Gasteiger partial charge in [-0.3, -0.25) is 0 Å². The van der Waals surface area contributed by atoms with Crippen LogP contribution in [0.4, 0.5) is 0 Å². The maximum atomic E-state index is 11.2. The molecule has 98 valence electrons. The van der Waals surface area contributed by atoms with Crippen LogP contribution < -0.4 is 10.5 Å². The zero-order valence-electron chi connectivity index (χ0n) is 10.3. The molecule has 2 rings (SSSR count). The van der Waals surface area contributed by atoms with Gasteiger partial charge < -0.3 is 15.2 Å². The standard InChI is InChI=1S/C12H17N3O3/c1-17-12(16)9-6-7-11(15-14-9)18-10-5-3-2-4-8(10)13/h6-8,10H,2-5,13H2,1H3. The molecule has 1 saturated carbocycles. The number of nitrogens with two attached hydrogens (primary N) is 1. The average molecular weight is 251 g/mol. The van der Waals surface area contributed by atoms with Crippen molar-refractivity contribution in [2.75, 3.05) is 7.11 Å². The van der Waals surface area contributed by atoms with E-state index in [1.165, 1.54) is 13.2 Å². The van der Waals surface area contributed by atoms with Gasteiger partial charge >= 0.3 is 5.97 Å². The van der Waals surface area contributed by atoms with Crippen molar-refractivity contribution in [1.82, 2.24) is 10.2 Å². The number of hydrogen-bond acceptors (Lipinski definition) is 6. The van der Waals surface area contributed by atoms with Crippen molar-refractivity contribution in [2.24, 2.45) is 5.73 Å². The van der Waals surface area contributed by atoms with E-state index in [-0.39, 0.29) is 17.8 Å². The Kier molecular flexibility index (Phi) is 4.09. The molecule has 2 unspecified atom stereocenters. The maximum absolute atomic E-state index is 11.2. The Morgan fingerprint density at radius 2 is 2.11 bits per heavy atom. The lowest BCUT2D eigenvalue weighted by Crippen LogP contribution is -2.41. The molecule has 6 nitrogen and oxygen atoms in total. The third-order valence-electron chi connectivity index (χ3n) is 3.06. The monoisotopic (exact) mass is 251 g/mol. The van der Waals surface area contributed by atoms with Gasteiger partial charge in [0.25, 0.3) is 0 Å². The summed E-state index contributed by atoms with van der Waals surface area (Å²) in [6, 6.07) is 3.18. The van der Waals surface area contributed by atoms with Gasteiger partial charge in [-0.1, -0.05) is 6.42 Å². The highest BCUT2D eigenvalue weighted by Crippen LogP contribution is 2.21. The summed E-state index contributed by atoms with van der Waals surface area (Å²) in [5, 5.41) is 7.60. The predicted molar refractivity (Wildman–Crippen MR) is 64.2 cm³/mol. The SMILES string of the molecule is COC(=O)c1ccc(OC2CCCCC2N)nn1. The minimum absolute atomic E-state index is 0.0166. The van der Waals surface area contributed by atoms with E-state index in [0.717, 1.165) is 25.7 Å². The normalized spacial score (nSPS) is 23.4. The van der Waals surface area contributed by atoms with E-state index in [0.29, 0.717) is 5.88 Å². The smallest absolute Gasteiger partial charge is 0.358 e. The van der Waals surface area contributed by atoms with Crippen molar-refractivity contribution < 1.29 is 14.3 Å². The number of hydrogen-bond donors (Lipinski definition) is 1. The van der Waals surface area contributed by atoms with Crippen LogP contribution in [-0.4, -0.2) is 35.4 Å². The summed E-state index contributed by atoms with van der Waals surface area (Å²) in [5.74, 6) is -0.117. The van der Waals surface area contributed by atoms with E-state index >= 15 is 0 Å². The van der Waals surface area contributed by atoms with E-state index in [4.69, 9.17) is 10.5 Å². The summed E-state index contributed by atoms with van der Waals surface area (Å²) in [6.07, 6.45) is 4.15. The Hall–Kier alpha value is -1.69. The molecule has 1 aliphatic rings. The first-order valence-corrected chi connectivity index (χ1v) is 6.05. The Balaban J connectivity index is 1.99. The van der Waals surface area contributed by atoms with E-state index in [2.05, 4.69) is 14.9 Å². The van der Waals surface area contributed by atoms with Crippen LogP contribution in [0.15, 0.2) is 12.1 Å². The highest BCUT2D eigenvalue weighted by Gasteiger charge is 2.24. The Labute approximate surface area is 105 Å². The van der Waals surface area contributed by atoms with Gasteiger partial charge in [0.05, 0.1) is 7.11 Å². The first kappa shape index (κ1) is 12.8. The second-order valence-corrected chi connectivity index (χ2v) is 4.35. The minimum Gasteiger partial charge on any atom is -0.472 e. The molecule has 1 aromatic rings. The van der Waals surface area contributed by atoms with Crippen LogP contribution in [0.25, 0.3) is 0 Å². The van der Waals surface area contributed by atoms with Crippen molar-refractivity contribution in [3.8, 4) is 5.88 Å². The fraction of sp³-hybridized carbons (Fsp3) is 0.583. The molecule has 6 heteroatoms. The first-order valence-electron chi connectivity index (χ1n) is 6.05. The molecule has 0 aromatic carbocycles. The zero-order chi connectivity index (χ0) is 13.0. The third kappa shape index (κ3) is 2.95. The number of aromatic nitrogens is 2. The van der Waals surface area contributed by atoms with Crippen LogP contribution in [0.2, 0.25) is 0 Å². The van der Waals surface area contributed by atoms with Gasteiger partial charge in [0, 0.05) is 12.1 Å². The molecule has 2 N–H and O–H groups in total. The summed E-state index contributed by atoms with van der Waals surface area (Å²) in [5.41, 5.74) is 6.14. The molecular formula is C12H17N3O3. The predicted octanol–water partition coefficient (Wildman–Crippen LogP) is 0.912. The summed E-state index contributed by atoms with van der Waals surface area (Å²) >= 11 is 0. The summed E-state index contributed by atoms with van der Waals surface area (Å²) in [7, 11) is 1.30. The van der Waals surface area contributed by atoms with Crippen LogP contribution in [0.5, 0.6) is 5.88 Å². The van der Waals surface area contributed by atoms with Crippen LogP contribution in [0, 0.1) is 0 Å². The summed E-state index contributed by atoms with van der Waals surface area (Å²) in [4.78, 5) is 11.2. The number of nitrogens with zero attached hydrogens (tertiary/aromatic N) is 2. The largest absolute Gasteiger partial charge is 0.472 e. The third-order valence-corrected chi connectivity index (χ3v) is 3.06. The maximum Gasteiger partial charge on any atom is 0.358 e. The van der Waals surface area contributed by atoms with E-state index in [1.54, 1.807) is 6.07 Å². The number of methoxy groups -OCH3 is 1. The molecule has 1 heterocycles. The Morgan fingerprint density at radius 1 is 1.33 bits per heavy atom. The minimum atomic E-state index is -0.511. The van der Waals surface area contributed by atoms with Crippen molar-refractivity contribution in [2.45, 2.75) is 37.8 Å². The lowest BCUT2D eigenvalue weighted by atomic mass is 9.93. The van der Waals surface area contributed by atoms with Crippen LogP contribution >= 0.6 is 0 Å². The molecule has 0 aliphatic heterocycles. The quantitative estimate of drug-likeness (QED) is 0.803. The molecule has 1 fully saturated rings. The summed E-state index contributed by atoms with van der Waals surface area (Å²) < 4.78 is 10.2. The van der Waals surface area contributed by atoms with Crippen LogP contribution in [-0.2, 0) is 4.74 Å². The van der Waals surface area contributed by atoms with E-state index in [1.807, 2.05) is 0 Å². The number of carbonyl (C=O) groups is 1. The molecule has 0 saturated heterocycles. The van der Waals surface area contributed by atoms with Gasteiger partial charge in [-0.25, -0.2) is 4.79 Å². The van der Waals surface area contributed by atoms with Gasteiger partial charge in [-0.05, 0) is 25.3 Å². The fourth-order valence-corrected chi connectivity index (χ4v) is 2.02. The summed E-state index contributed by atoms with van der Waals surface area (Å²) in [6.45, 7) is 0. The van der Waals surface area contributed by atoms with Crippen molar-refractivity contribution in [3.05, 3.63) is 17.8 Å². The van der Waals surface area contributed by atoms with Crippen LogP contribution in [0.1, 0.15) is 36.2 Å². The van der Waals surface area contributed by atoms with Gasteiger partial charge in [0.1, 0.15) is 6.10 Å². The molecule has 1 aromatic heterocycles. The van der Waals surface area contributed by atoms with Gasteiger partial charge in [0.15, 0.2) is 5.69 Å². The second kappa shape index (κ2) is 5.77. The van der Waals surface area contributed by atoms with Gasteiger partial charge in [-0.2, -0.15) is 0 Å². The zero-order valence-corrected chi connectivity index (χ0v) is 10.3. The highest BCUT2D eigenvalue weighted by atomic mass is 16.5. The number of esters is 1. The van der Waals surface area contributed by atoms with Gasteiger partial charge in [-0.15, -0.1) is 10.2 Å². The van der Waals surface area contributed by atoms with E-state index < -0.39 is 5.97 Å². The van der Waals surface area contributed by atoms with Crippen LogP contribution in [0.3, 0.4) is 0 Å². The van der Waals surface area contributed by atoms with Crippen molar-refractivity contribution in [3.63, 3.8) is 0 Å². The molecule has 0 radical (unpaired) electrons. The first-order chi connectivity index (χ1) is 8.70. The lowest BCUT2D eigenvalue weighted by molar-refractivity contribution is 0.0591. The Bertz CT molecular complexity index is 408. The Morgan fingerprint density at radius 3 is 2.72 bits per heavy atom. The number of rotatable bonds is 3. The number of carbonyl (C=O) groups excluding carboxylic acids is 1. The molecule has 2 atom stereocenters. The molecule has 0 bridgehead atoms. The molecule has 18 heavy (non-hydrogen) atoms. The number of ether oxygens (including phenoxy) is 2. The van der Waals surface area contributed by atoms with Crippen molar-refractivity contribution >= 4 is 5.97 Å². The molecule has 1 aliphatic carbocycles. The topological polar surface area (TPSA) is 87.3 Å². The van der Waals surface area contributed by atoms with Crippen molar-refractivity contribution in [1.29, 1.82) is 0 Å². The lowest BCUT2D eigenvalue weighted by Gasteiger charge is -2.28. The molecular weight excluding hydrogens is 234 g/mol. The second-order valence-electron chi connectivity index (χ2n) is 4.35. The van der Waals surface area contributed by atoms with E-state index in [9.17, 15) is 4.79 Å². The van der Waals surface area contributed by atoms with Gasteiger partial charge in [0.2, 0.25) is 5.88 Å².